The summed E-state index contributed by atoms with van der Waals surface area (Å²) in [6.45, 7) is 2.19. The van der Waals surface area contributed by atoms with E-state index in [0.717, 1.165) is 18.1 Å². The van der Waals surface area contributed by atoms with Crippen molar-refractivity contribution in [2.45, 2.75) is 32.2 Å². The van der Waals surface area contributed by atoms with Gasteiger partial charge in [-0.15, -0.1) is 0 Å². The second-order valence-corrected chi connectivity index (χ2v) is 5.68. The molecule has 0 bridgehead atoms. The van der Waals surface area contributed by atoms with Crippen LogP contribution in [0.1, 0.15) is 31.2 Å². The number of nitrogens with one attached hydrogen (secondary N) is 1. The summed E-state index contributed by atoms with van der Waals surface area (Å²) in [7, 11) is 0. The van der Waals surface area contributed by atoms with Crippen LogP contribution in [0.4, 0.5) is 0 Å². The minimum atomic E-state index is 0.337. The van der Waals surface area contributed by atoms with Gasteiger partial charge in [-0.1, -0.05) is 36.6 Å². The maximum atomic E-state index is 9.37. The molecule has 1 aromatic carbocycles. The van der Waals surface area contributed by atoms with Gasteiger partial charge in [-0.3, -0.25) is 0 Å². The van der Waals surface area contributed by atoms with Crippen LogP contribution in [0.2, 0.25) is 5.02 Å². The van der Waals surface area contributed by atoms with Gasteiger partial charge in [0.05, 0.1) is 0 Å². The molecule has 3 heteroatoms. The molecule has 0 saturated heterocycles. The van der Waals surface area contributed by atoms with E-state index in [1.54, 1.807) is 0 Å². The summed E-state index contributed by atoms with van der Waals surface area (Å²) in [4.78, 5) is 0. The van der Waals surface area contributed by atoms with Gasteiger partial charge in [-0.25, -0.2) is 0 Å². The molecule has 2 atom stereocenters. The predicted octanol–water partition coefficient (Wildman–Crippen LogP) is 3.23. The summed E-state index contributed by atoms with van der Waals surface area (Å²) < 4.78 is 0. The molecule has 100 valence electrons. The fraction of sp³-hybridized carbons (Fsp3) is 0.600. The number of hydrogen-bond acceptors (Lipinski definition) is 2. The molecule has 1 aliphatic carbocycles. The minimum absolute atomic E-state index is 0.337. The Balaban J connectivity index is 1.77. The van der Waals surface area contributed by atoms with Gasteiger partial charge in [-0.05, 0) is 48.9 Å². The standard InChI is InChI=1S/C15H22ClNO/c16-15-7-3-4-12(8-15)9-17-10-13-5-1-2-6-14(13)11-18/h3-4,7-8,13-14,17-18H,1-2,5-6,9-11H2. The highest BCUT2D eigenvalue weighted by Gasteiger charge is 2.23. The zero-order valence-electron chi connectivity index (χ0n) is 10.7. The van der Waals surface area contributed by atoms with E-state index in [2.05, 4.69) is 11.4 Å². The topological polar surface area (TPSA) is 32.3 Å². The third kappa shape index (κ3) is 3.98. The molecule has 0 spiro atoms. The van der Waals surface area contributed by atoms with Crippen molar-refractivity contribution in [1.29, 1.82) is 0 Å². The second-order valence-electron chi connectivity index (χ2n) is 5.25. The summed E-state index contributed by atoms with van der Waals surface area (Å²) in [5.74, 6) is 1.12. The molecule has 18 heavy (non-hydrogen) atoms. The van der Waals surface area contributed by atoms with Crippen LogP contribution in [0.5, 0.6) is 0 Å². The van der Waals surface area contributed by atoms with Crippen molar-refractivity contribution in [1.82, 2.24) is 5.32 Å². The summed E-state index contributed by atoms with van der Waals surface area (Å²) in [5.41, 5.74) is 1.22. The van der Waals surface area contributed by atoms with Crippen molar-refractivity contribution >= 4 is 11.6 Å². The summed E-state index contributed by atoms with van der Waals surface area (Å²) in [5, 5.41) is 13.7. The van der Waals surface area contributed by atoms with Gasteiger partial charge in [-0.2, -0.15) is 0 Å². The molecule has 0 radical (unpaired) electrons. The van der Waals surface area contributed by atoms with E-state index >= 15 is 0 Å². The Morgan fingerprint density at radius 1 is 1.22 bits per heavy atom. The Hall–Kier alpha value is -0.570. The lowest BCUT2D eigenvalue weighted by atomic mass is 9.79. The van der Waals surface area contributed by atoms with Crippen molar-refractivity contribution in [2.75, 3.05) is 13.2 Å². The first-order chi connectivity index (χ1) is 8.79. The van der Waals surface area contributed by atoms with Crippen LogP contribution in [0.3, 0.4) is 0 Å². The number of rotatable bonds is 5. The van der Waals surface area contributed by atoms with Gasteiger partial charge in [0.2, 0.25) is 0 Å². The van der Waals surface area contributed by atoms with Crippen LogP contribution in [-0.2, 0) is 6.54 Å². The first-order valence-corrected chi connectivity index (χ1v) is 7.23. The van der Waals surface area contributed by atoms with Crippen molar-refractivity contribution in [3.63, 3.8) is 0 Å². The van der Waals surface area contributed by atoms with Crippen LogP contribution in [0.25, 0.3) is 0 Å². The molecule has 1 aliphatic rings. The maximum Gasteiger partial charge on any atom is 0.0462 e. The van der Waals surface area contributed by atoms with Crippen molar-refractivity contribution in [2.24, 2.45) is 11.8 Å². The number of benzene rings is 1. The molecule has 2 unspecified atom stereocenters. The Labute approximate surface area is 114 Å². The number of aliphatic hydroxyl groups excluding tert-OH is 1. The largest absolute Gasteiger partial charge is 0.396 e. The third-order valence-electron chi connectivity index (χ3n) is 3.93. The number of aliphatic hydroxyl groups is 1. The first-order valence-electron chi connectivity index (χ1n) is 6.85. The highest BCUT2D eigenvalue weighted by Crippen LogP contribution is 2.29. The van der Waals surface area contributed by atoms with E-state index in [0.29, 0.717) is 18.4 Å². The lowest BCUT2D eigenvalue weighted by molar-refractivity contribution is 0.133. The SMILES string of the molecule is OCC1CCCCC1CNCc1cccc(Cl)c1. The molecule has 0 aromatic heterocycles. The van der Waals surface area contributed by atoms with Crippen LogP contribution < -0.4 is 5.32 Å². The lowest BCUT2D eigenvalue weighted by Gasteiger charge is -2.30. The maximum absolute atomic E-state index is 9.37. The fourth-order valence-corrected chi connectivity index (χ4v) is 3.06. The lowest BCUT2D eigenvalue weighted by Crippen LogP contribution is -2.32. The average molecular weight is 268 g/mol. The van der Waals surface area contributed by atoms with Crippen molar-refractivity contribution in [3.05, 3.63) is 34.9 Å². The summed E-state index contributed by atoms with van der Waals surface area (Å²) in [6, 6.07) is 7.96. The average Bonchev–Trinajstić information content (AvgIpc) is 2.39. The van der Waals surface area contributed by atoms with E-state index in [1.165, 1.54) is 31.2 Å². The molecular formula is C15H22ClNO. The van der Waals surface area contributed by atoms with E-state index in [1.807, 2.05) is 18.2 Å². The number of halogens is 1. The molecule has 1 aromatic rings. The predicted molar refractivity (Wildman–Crippen MR) is 75.7 cm³/mol. The molecular weight excluding hydrogens is 246 g/mol. The zero-order valence-corrected chi connectivity index (χ0v) is 11.5. The Morgan fingerprint density at radius 2 is 2.00 bits per heavy atom. The van der Waals surface area contributed by atoms with Crippen LogP contribution >= 0.6 is 11.6 Å². The monoisotopic (exact) mass is 267 g/mol. The van der Waals surface area contributed by atoms with Crippen molar-refractivity contribution in [3.8, 4) is 0 Å². The van der Waals surface area contributed by atoms with Crippen LogP contribution in [0, 0.1) is 11.8 Å². The van der Waals surface area contributed by atoms with E-state index in [4.69, 9.17) is 11.6 Å². The fourth-order valence-electron chi connectivity index (χ4n) is 2.84. The molecule has 2 rings (SSSR count). The van der Waals surface area contributed by atoms with Gasteiger partial charge in [0, 0.05) is 18.2 Å². The van der Waals surface area contributed by atoms with Gasteiger partial charge >= 0.3 is 0 Å². The smallest absolute Gasteiger partial charge is 0.0462 e. The summed E-state index contributed by atoms with van der Waals surface area (Å²) >= 11 is 5.96. The second kappa shape index (κ2) is 7.13. The highest BCUT2D eigenvalue weighted by atomic mass is 35.5. The Bertz CT molecular complexity index is 369. The molecule has 2 N–H and O–H groups in total. The van der Waals surface area contributed by atoms with E-state index in [-0.39, 0.29) is 0 Å². The van der Waals surface area contributed by atoms with Crippen molar-refractivity contribution < 1.29 is 5.11 Å². The summed E-state index contributed by atoms with van der Waals surface area (Å²) in [6.07, 6.45) is 5.00. The van der Waals surface area contributed by atoms with Gasteiger partial charge in [0.25, 0.3) is 0 Å². The normalized spacial score (nSPS) is 24.1. The molecule has 0 heterocycles. The first kappa shape index (κ1) is 13.9. The molecule has 2 nitrogen and oxygen atoms in total. The third-order valence-corrected chi connectivity index (χ3v) is 4.16. The van der Waals surface area contributed by atoms with E-state index in [9.17, 15) is 5.11 Å². The molecule has 1 saturated carbocycles. The van der Waals surface area contributed by atoms with Crippen LogP contribution in [0.15, 0.2) is 24.3 Å². The zero-order chi connectivity index (χ0) is 12.8. The minimum Gasteiger partial charge on any atom is -0.396 e. The van der Waals surface area contributed by atoms with Crippen LogP contribution in [-0.4, -0.2) is 18.3 Å². The molecule has 0 amide bonds. The van der Waals surface area contributed by atoms with Gasteiger partial charge in [0.1, 0.15) is 0 Å². The Morgan fingerprint density at radius 3 is 2.72 bits per heavy atom. The van der Waals surface area contributed by atoms with E-state index < -0.39 is 0 Å². The highest BCUT2D eigenvalue weighted by molar-refractivity contribution is 6.30. The Kier molecular flexibility index (Phi) is 5.48. The van der Waals surface area contributed by atoms with Gasteiger partial charge in [0.15, 0.2) is 0 Å². The van der Waals surface area contributed by atoms with Gasteiger partial charge < -0.3 is 10.4 Å². The molecule has 1 fully saturated rings. The molecule has 0 aliphatic heterocycles. The number of hydrogen-bond donors (Lipinski definition) is 2. The quantitative estimate of drug-likeness (QED) is 0.859.